The highest BCUT2D eigenvalue weighted by molar-refractivity contribution is 7.89. The third-order valence-electron chi connectivity index (χ3n) is 2.64. The van der Waals surface area contributed by atoms with Crippen molar-refractivity contribution in [1.82, 2.24) is 0 Å². The molecule has 0 radical (unpaired) electrons. The summed E-state index contributed by atoms with van der Waals surface area (Å²) in [6, 6.07) is 0. The molecule has 1 saturated carbocycles. The van der Waals surface area contributed by atoms with Gasteiger partial charge in [0.25, 0.3) is 0 Å². The van der Waals surface area contributed by atoms with Gasteiger partial charge in [0, 0.05) is 0 Å². The summed E-state index contributed by atoms with van der Waals surface area (Å²) >= 11 is 0. The molecule has 0 aromatic carbocycles. The number of sulfonamides is 1. The van der Waals surface area contributed by atoms with E-state index in [0.717, 1.165) is 25.7 Å². The predicted molar refractivity (Wildman–Crippen MR) is 50.6 cm³/mol. The first-order valence-electron chi connectivity index (χ1n) is 4.67. The van der Waals surface area contributed by atoms with Crippen molar-refractivity contribution < 1.29 is 13.5 Å². The molecule has 4 nitrogen and oxygen atoms in total. The lowest BCUT2D eigenvalue weighted by atomic mass is 9.99. The van der Waals surface area contributed by atoms with Gasteiger partial charge in [0.2, 0.25) is 10.0 Å². The predicted octanol–water partition coefficient (Wildman–Crippen LogP) is 0.216. The summed E-state index contributed by atoms with van der Waals surface area (Å²) in [6.07, 6.45) is 4.13. The maximum atomic E-state index is 10.6. The van der Waals surface area contributed by atoms with Gasteiger partial charge in [-0.3, -0.25) is 0 Å². The van der Waals surface area contributed by atoms with E-state index in [1.807, 2.05) is 0 Å². The molecular weight excluding hydrogens is 190 g/mol. The summed E-state index contributed by atoms with van der Waals surface area (Å²) in [5.41, 5.74) is 0. The zero-order valence-electron chi connectivity index (χ0n) is 7.65. The van der Waals surface area contributed by atoms with Gasteiger partial charge in [-0.15, -0.1) is 0 Å². The highest BCUT2D eigenvalue weighted by atomic mass is 32.2. The number of aliphatic hydroxyl groups excluding tert-OH is 1. The second-order valence-corrected chi connectivity index (χ2v) is 5.50. The molecule has 0 spiro atoms. The van der Waals surface area contributed by atoms with Gasteiger partial charge in [-0.05, 0) is 25.2 Å². The van der Waals surface area contributed by atoms with Crippen molar-refractivity contribution in [3.8, 4) is 0 Å². The Bertz CT molecular complexity index is 244. The standard InChI is InChI=1S/C8H17NO3S/c9-13(11,12)6-5-8(10)7-3-1-2-4-7/h7-8,10H,1-6H2,(H2,9,11,12)/t8-/m0/s1. The van der Waals surface area contributed by atoms with E-state index in [2.05, 4.69) is 0 Å². The number of aliphatic hydroxyl groups is 1. The Labute approximate surface area is 79.2 Å². The van der Waals surface area contributed by atoms with Crippen molar-refractivity contribution in [1.29, 1.82) is 0 Å². The molecule has 0 aromatic rings. The first kappa shape index (κ1) is 10.9. The van der Waals surface area contributed by atoms with Crippen molar-refractivity contribution in [2.24, 2.45) is 11.1 Å². The topological polar surface area (TPSA) is 80.4 Å². The van der Waals surface area contributed by atoms with Crippen molar-refractivity contribution in [3.05, 3.63) is 0 Å². The van der Waals surface area contributed by atoms with E-state index in [0.29, 0.717) is 5.92 Å². The number of rotatable bonds is 4. The van der Waals surface area contributed by atoms with Gasteiger partial charge < -0.3 is 5.11 Å². The molecule has 0 saturated heterocycles. The average Bonchev–Trinajstić information content (AvgIpc) is 2.50. The summed E-state index contributed by atoms with van der Waals surface area (Å²) in [6.45, 7) is 0. The first-order valence-corrected chi connectivity index (χ1v) is 6.39. The second-order valence-electron chi connectivity index (χ2n) is 3.77. The minimum atomic E-state index is -3.41. The molecule has 1 rings (SSSR count). The van der Waals surface area contributed by atoms with E-state index in [9.17, 15) is 13.5 Å². The normalized spacial score (nSPS) is 22.0. The molecular formula is C8H17NO3S. The Hall–Kier alpha value is -0.130. The molecule has 0 aromatic heterocycles. The van der Waals surface area contributed by atoms with Crippen LogP contribution in [0.25, 0.3) is 0 Å². The van der Waals surface area contributed by atoms with Crippen LogP contribution in [-0.4, -0.2) is 25.4 Å². The van der Waals surface area contributed by atoms with Crippen LogP contribution in [0.1, 0.15) is 32.1 Å². The lowest BCUT2D eigenvalue weighted by molar-refractivity contribution is 0.107. The Balaban J connectivity index is 2.28. The fourth-order valence-corrected chi connectivity index (χ4v) is 2.43. The minimum Gasteiger partial charge on any atom is -0.393 e. The fraction of sp³-hybridized carbons (Fsp3) is 1.00. The molecule has 0 aliphatic heterocycles. The highest BCUT2D eigenvalue weighted by Gasteiger charge is 2.23. The van der Waals surface area contributed by atoms with Gasteiger partial charge >= 0.3 is 0 Å². The SMILES string of the molecule is NS(=O)(=O)CC[C@H](O)C1CCCC1. The highest BCUT2D eigenvalue weighted by Crippen LogP contribution is 2.28. The number of nitrogens with two attached hydrogens (primary N) is 1. The van der Waals surface area contributed by atoms with Gasteiger partial charge in [0.05, 0.1) is 11.9 Å². The maximum Gasteiger partial charge on any atom is 0.209 e. The van der Waals surface area contributed by atoms with Crippen LogP contribution in [0.5, 0.6) is 0 Å². The Morgan fingerprint density at radius 2 is 1.92 bits per heavy atom. The van der Waals surface area contributed by atoms with Crippen LogP contribution in [0.2, 0.25) is 0 Å². The first-order chi connectivity index (χ1) is 5.99. The van der Waals surface area contributed by atoms with E-state index in [1.165, 1.54) is 0 Å². The van der Waals surface area contributed by atoms with Crippen LogP contribution < -0.4 is 5.14 Å². The molecule has 0 amide bonds. The molecule has 1 aliphatic rings. The van der Waals surface area contributed by atoms with Crippen molar-refractivity contribution in [2.45, 2.75) is 38.2 Å². The molecule has 78 valence electrons. The number of primary sulfonamides is 1. The van der Waals surface area contributed by atoms with E-state index >= 15 is 0 Å². The summed E-state index contributed by atoms with van der Waals surface area (Å²) in [7, 11) is -3.41. The van der Waals surface area contributed by atoms with Crippen LogP contribution in [0.4, 0.5) is 0 Å². The van der Waals surface area contributed by atoms with Crippen LogP contribution >= 0.6 is 0 Å². The molecule has 0 heterocycles. The van der Waals surface area contributed by atoms with E-state index in [1.54, 1.807) is 0 Å². The van der Waals surface area contributed by atoms with Gasteiger partial charge in [0.1, 0.15) is 0 Å². The summed E-state index contributed by atoms with van der Waals surface area (Å²) in [4.78, 5) is 0. The van der Waals surface area contributed by atoms with Gasteiger partial charge in [-0.25, -0.2) is 13.6 Å². The fourth-order valence-electron chi connectivity index (χ4n) is 1.86. The second kappa shape index (κ2) is 4.39. The lowest BCUT2D eigenvalue weighted by Gasteiger charge is -2.16. The summed E-state index contributed by atoms with van der Waals surface area (Å²) < 4.78 is 21.2. The van der Waals surface area contributed by atoms with Crippen molar-refractivity contribution in [2.75, 3.05) is 5.75 Å². The molecule has 13 heavy (non-hydrogen) atoms. The van der Waals surface area contributed by atoms with E-state index in [-0.39, 0.29) is 12.2 Å². The minimum absolute atomic E-state index is 0.106. The Morgan fingerprint density at radius 3 is 2.38 bits per heavy atom. The third kappa shape index (κ3) is 4.06. The van der Waals surface area contributed by atoms with Crippen LogP contribution in [0, 0.1) is 5.92 Å². The quantitative estimate of drug-likeness (QED) is 0.691. The zero-order valence-corrected chi connectivity index (χ0v) is 8.46. The largest absolute Gasteiger partial charge is 0.393 e. The molecule has 5 heteroatoms. The molecule has 1 aliphatic carbocycles. The number of hydrogen-bond acceptors (Lipinski definition) is 3. The smallest absolute Gasteiger partial charge is 0.209 e. The monoisotopic (exact) mass is 207 g/mol. The van der Waals surface area contributed by atoms with Gasteiger partial charge in [-0.1, -0.05) is 12.8 Å². The average molecular weight is 207 g/mol. The lowest BCUT2D eigenvalue weighted by Crippen LogP contribution is -2.24. The van der Waals surface area contributed by atoms with Gasteiger partial charge in [0.15, 0.2) is 0 Å². The molecule has 0 unspecified atom stereocenters. The van der Waals surface area contributed by atoms with Crippen LogP contribution in [-0.2, 0) is 10.0 Å². The van der Waals surface area contributed by atoms with Crippen LogP contribution in [0.15, 0.2) is 0 Å². The molecule has 1 fully saturated rings. The summed E-state index contributed by atoms with van der Waals surface area (Å²) in [5.74, 6) is 0.187. The van der Waals surface area contributed by atoms with E-state index < -0.39 is 16.1 Å². The Morgan fingerprint density at radius 1 is 1.38 bits per heavy atom. The molecule has 3 N–H and O–H groups in total. The summed E-state index contributed by atoms with van der Waals surface area (Å²) in [5, 5.41) is 14.4. The third-order valence-corrected chi connectivity index (χ3v) is 3.45. The van der Waals surface area contributed by atoms with Crippen molar-refractivity contribution >= 4 is 10.0 Å². The van der Waals surface area contributed by atoms with Crippen LogP contribution in [0.3, 0.4) is 0 Å². The van der Waals surface area contributed by atoms with E-state index in [4.69, 9.17) is 5.14 Å². The zero-order chi connectivity index (χ0) is 9.90. The van der Waals surface area contributed by atoms with Crippen molar-refractivity contribution in [3.63, 3.8) is 0 Å². The molecule has 1 atom stereocenters. The van der Waals surface area contributed by atoms with Gasteiger partial charge in [-0.2, -0.15) is 0 Å². The number of hydrogen-bond donors (Lipinski definition) is 2. The molecule has 0 bridgehead atoms. The Kier molecular flexibility index (Phi) is 3.70. The maximum absolute atomic E-state index is 10.6.